The fraction of sp³-hybridized carbons (Fsp3) is 0. The van der Waals surface area contributed by atoms with Gasteiger partial charge in [0.15, 0.2) is 5.82 Å². The van der Waals surface area contributed by atoms with Crippen LogP contribution in [0.25, 0.3) is 17.1 Å². The molecule has 0 atom stereocenters. The summed E-state index contributed by atoms with van der Waals surface area (Å²) in [5.41, 5.74) is 2.58. The van der Waals surface area contributed by atoms with E-state index >= 15 is 0 Å². The summed E-state index contributed by atoms with van der Waals surface area (Å²) in [6.45, 7) is 0. The van der Waals surface area contributed by atoms with Crippen LogP contribution < -0.4 is 0 Å². The number of nitriles is 1. The van der Waals surface area contributed by atoms with Gasteiger partial charge in [-0.15, -0.1) is 0 Å². The van der Waals surface area contributed by atoms with E-state index in [9.17, 15) is 0 Å². The van der Waals surface area contributed by atoms with Gasteiger partial charge in [-0.1, -0.05) is 30.3 Å². The summed E-state index contributed by atoms with van der Waals surface area (Å²) in [5.74, 6) is 0.642. The molecule has 0 amide bonds. The van der Waals surface area contributed by atoms with E-state index in [1.165, 1.54) is 0 Å². The molecule has 3 aromatic rings. The highest BCUT2D eigenvalue weighted by molar-refractivity contribution is 5.61. The van der Waals surface area contributed by atoms with Crippen molar-refractivity contribution in [1.29, 1.82) is 5.26 Å². The predicted octanol–water partition coefficient (Wildman–Crippen LogP) is 2.81. The van der Waals surface area contributed by atoms with Crippen molar-refractivity contribution in [3.8, 4) is 23.1 Å². The van der Waals surface area contributed by atoms with Crippen LogP contribution in [0.4, 0.5) is 0 Å². The minimum atomic E-state index is 0.569. The third-order valence-electron chi connectivity index (χ3n) is 2.80. The molecule has 2 heterocycles. The number of pyridine rings is 1. The molecule has 0 bridgehead atoms. The largest absolute Gasteiger partial charge is 0.237 e. The maximum Gasteiger partial charge on any atom is 0.155 e. The molecule has 0 unspecified atom stereocenters. The van der Waals surface area contributed by atoms with Gasteiger partial charge in [-0.05, 0) is 12.1 Å². The highest BCUT2D eigenvalue weighted by Crippen LogP contribution is 2.21. The summed E-state index contributed by atoms with van der Waals surface area (Å²) < 4.78 is 1.73. The molecular formula is C15H10N4. The van der Waals surface area contributed by atoms with Crippen LogP contribution in [0.3, 0.4) is 0 Å². The molecule has 0 aliphatic rings. The van der Waals surface area contributed by atoms with Crippen molar-refractivity contribution >= 4 is 0 Å². The third kappa shape index (κ3) is 2.09. The Kier molecular flexibility index (Phi) is 2.79. The van der Waals surface area contributed by atoms with Crippen LogP contribution in [-0.4, -0.2) is 14.8 Å². The maximum absolute atomic E-state index is 8.94. The van der Waals surface area contributed by atoms with Gasteiger partial charge in [0.1, 0.15) is 0 Å². The first-order valence-electron chi connectivity index (χ1n) is 5.84. The Bertz CT molecular complexity index is 738. The van der Waals surface area contributed by atoms with Crippen molar-refractivity contribution in [2.45, 2.75) is 0 Å². The molecule has 0 radical (unpaired) electrons. The van der Waals surface area contributed by atoms with Crippen LogP contribution in [0.15, 0.2) is 60.9 Å². The van der Waals surface area contributed by atoms with E-state index in [0.717, 1.165) is 11.3 Å². The normalized spacial score (nSPS) is 10.1. The fourth-order valence-electron chi connectivity index (χ4n) is 1.92. The highest BCUT2D eigenvalue weighted by atomic mass is 15.3. The molecule has 0 N–H and O–H groups in total. The lowest BCUT2D eigenvalue weighted by Gasteiger charge is -2.06. The number of rotatable bonds is 2. The molecule has 90 valence electrons. The molecule has 0 saturated heterocycles. The van der Waals surface area contributed by atoms with Crippen molar-refractivity contribution in [1.82, 2.24) is 14.8 Å². The lowest BCUT2D eigenvalue weighted by molar-refractivity contribution is 0.853. The maximum atomic E-state index is 8.94. The molecule has 0 fully saturated rings. The smallest absolute Gasteiger partial charge is 0.155 e. The summed E-state index contributed by atoms with van der Waals surface area (Å²) in [5, 5.41) is 13.2. The van der Waals surface area contributed by atoms with Crippen LogP contribution in [-0.2, 0) is 0 Å². The Hall–Kier alpha value is -2.93. The number of aromatic nitrogens is 3. The van der Waals surface area contributed by atoms with Gasteiger partial charge in [-0.25, -0.2) is 9.67 Å². The molecule has 19 heavy (non-hydrogen) atoms. The third-order valence-corrected chi connectivity index (χ3v) is 2.80. The summed E-state index contributed by atoms with van der Waals surface area (Å²) in [7, 11) is 0. The van der Waals surface area contributed by atoms with Crippen molar-refractivity contribution in [3.63, 3.8) is 0 Å². The molecule has 0 spiro atoms. The van der Waals surface area contributed by atoms with Crippen molar-refractivity contribution in [2.75, 3.05) is 0 Å². The Labute approximate surface area is 110 Å². The van der Waals surface area contributed by atoms with Gasteiger partial charge in [0.2, 0.25) is 0 Å². The molecular weight excluding hydrogens is 236 g/mol. The van der Waals surface area contributed by atoms with Crippen LogP contribution in [0.5, 0.6) is 0 Å². The van der Waals surface area contributed by atoms with Gasteiger partial charge in [0, 0.05) is 17.8 Å². The van der Waals surface area contributed by atoms with E-state index in [2.05, 4.69) is 16.2 Å². The number of benzene rings is 1. The number of hydrogen-bond acceptors (Lipinski definition) is 3. The second-order valence-electron chi connectivity index (χ2n) is 4.01. The van der Waals surface area contributed by atoms with Crippen LogP contribution in [0.2, 0.25) is 0 Å². The molecule has 0 saturated carbocycles. The first-order valence-corrected chi connectivity index (χ1v) is 5.84. The zero-order valence-electron chi connectivity index (χ0n) is 10.1. The second-order valence-corrected chi connectivity index (χ2v) is 4.01. The standard InChI is InChI=1S/C15H10N4/c16-11-12-6-8-17-15(10-12)19-14(7-9-18-19)13-4-2-1-3-5-13/h1-10H. The summed E-state index contributed by atoms with van der Waals surface area (Å²) in [6.07, 6.45) is 3.34. The van der Waals surface area contributed by atoms with Gasteiger partial charge in [0.05, 0.1) is 23.5 Å². The Morgan fingerprint density at radius 1 is 1.00 bits per heavy atom. The van der Waals surface area contributed by atoms with E-state index in [-0.39, 0.29) is 0 Å². The molecule has 4 nitrogen and oxygen atoms in total. The monoisotopic (exact) mass is 246 g/mol. The average Bonchev–Trinajstić information content (AvgIpc) is 2.98. The van der Waals surface area contributed by atoms with E-state index in [4.69, 9.17) is 5.26 Å². The quantitative estimate of drug-likeness (QED) is 0.698. The van der Waals surface area contributed by atoms with E-state index < -0.39 is 0 Å². The number of nitrogens with zero attached hydrogens (tertiary/aromatic N) is 4. The van der Waals surface area contributed by atoms with Gasteiger partial charge in [-0.3, -0.25) is 0 Å². The molecule has 4 heteroatoms. The Balaban J connectivity index is 2.13. The average molecular weight is 246 g/mol. The summed E-state index contributed by atoms with van der Waals surface area (Å²) >= 11 is 0. The van der Waals surface area contributed by atoms with Gasteiger partial charge >= 0.3 is 0 Å². The van der Waals surface area contributed by atoms with Gasteiger partial charge in [0.25, 0.3) is 0 Å². The molecule has 0 aliphatic heterocycles. The first kappa shape index (κ1) is 11.2. The molecule has 1 aromatic carbocycles. The SMILES string of the molecule is N#Cc1ccnc(-n2nccc2-c2ccccc2)c1. The van der Waals surface area contributed by atoms with E-state index in [1.54, 1.807) is 29.2 Å². The summed E-state index contributed by atoms with van der Waals surface area (Å²) in [6, 6.07) is 17.4. The van der Waals surface area contributed by atoms with Gasteiger partial charge < -0.3 is 0 Å². The zero-order chi connectivity index (χ0) is 13.1. The minimum absolute atomic E-state index is 0.569. The van der Waals surface area contributed by atoms with E-state index in [0.29, 0.717) is 11.4 Å². The second kappa shape index (κ2) is 4.75. The molecule has 3 rings (SSSR count). The van der Waals surface area contributed by atoms with Crippen LogP contribution in [0, 0.1) is 11.3 Å². The van der Waals surface area contributed by atoms with Gasteiger partial charge in [-0.2, -0.15) is 10.4 Å². The molecule has 0 aliphatic carbocycles. The molecule has 2 aromatic heterocycles. The van der Waals surface area contributed by atoms with Crippen molar-refractivity contribution < 1.29 is 0 Å². The van der Waals surface area contributed by atoms with Crippen LogP contribution in [0.1, 0.15) is 5.56 Å². The van der Waals surface area contributed by atoms with Crippen molar-refractivity contribution in [3.05, 3.63) is 66.5 Å². The van der Waals surface area contributed by atoms with Crippen LogP contribution >= 0.6 is 0 Å². The zero-order valence-corrected chi connectivity index (χ0v) is 10.1. The first-order chi connectivity index (χ1) is 9.38. The minimum Gasteiger partial charge on any atom is -0.237 e. The highest BCUT2D eigenvalue weighted by Gasteiger charge is 2.08. The van der Waals surface area contributed by atoms with Crippen molar-refractivity contribution in [2.24, 2.45) is 0 Å². The predicted molar refractivity (Wildman–Crippen MR) is 71.5 cm³/mol. The lowest BCUT2D eigenvalue weighted by Crippen LogP contribution is -2.01. The van der Waals surface area contributed by atoms with E-state index in [1.807, 2.05) is 36.4 Å². The summed E-state index contributed by atoms with van der Waals surface area (Å²) in [4.78, 5) is 4.27. The Morgan fingerprint density at radius 3 is 2.63 bits per heavy atom. The Morgan fingerprint density at radius 2 is 1.84 bits per heavy atom. The lowest BCUT2D eigenvalue weighted by atomic mass is 10.1. The fourth-order valence-corrected chi connectivity index (χ4v) is 1.92. The number of hydrogen-bond donors (Lipinski definition) is 0. The topological polar surface area (TPSA) is 54.5 Å².